The van der Waals surface area contributed by atoms with Gasteiger partial charge in [-0.25, -0.2) is 0 Å². The lowest BCUT2D eigenvalue weighted by Gasteiger charge is -2.49. The number of piperazine rings is 3. The van der Waals surface area contributed by atoms with Crippen LogP contribution in [0.5, 0.6) is 5.75 Å². The molecule has 19 heavy (non-hydrogen) atoms. The molecule has 4 rings (SSSR count). The second-order valence-electron chi connectivity index (χ2n) is 5.24. The van der Waals surface area contributed by atoms with Crippen LogP contribution in [-0.4, -0.2) is 60.8 Å². The molecule has 3 aliphatic heterocycles. The first-order chi connectivity index (χ1) is 9.19. The van der Waals surface area contributed by atoms with Gasteiger partial charge in [-0.1, -0.05) is 11.6 Å². The van der Waals surface area contributed by atoms with E-state index in [1.807, 2.05) is 12.1 Å². The Hall–Kier alpha value is -0.810. The summed E-state index contributed by atoms with van der Waals surface area (Å²) in [5.74, 6) is 0.703. The Morgan fingerprint density at radius 3 is 2.63 bits per heavy atom. The summed E-state index contributed by atoms with van der Waals surface area (Å²) in [7, 11) is 1.62. The maximum atomic E-state index is 10.7. The van der Waals surface area contributed by atoms with Gasteiger partial charge < -0.3 is 9.84 Å². The highest BCUT2D eigenvalue weighted by molar-refractivity contribution is 6.30. The SMILES string of the molecule is COc1ccc(Cl)cc1C(O)C1CN2CCN1CC2. The molecule has 0 spiro atoms. The molecule has 2 unspecified atom stereocenters. The van der Waals surface area contributed by atoms with Crippen molar-refractivity contribution in [3.05, 3.63) is 28.8 Å². The molecule has 3 fully saturated rings. The summed E-state index contributed by atoms with van der Waals surface area (Å²) in [5, 5.41) is 11.3. The van der Waals surface area contributed by atoms with Crippen LogP contribution >= 0.6 is 11.6 Å². The first-order valence-electron chi connectivity index (χ1n) is 6.67. The van der Waals surface area contributed by atoms with Crippen LogP contribution in [0.2, 0.25) is 5.02 Å². The van der Waals surface area contributed by atoms with Crippen molar-refractivity contribution in [3.63, 3.8) is 0 Å². The molecule has 4 nitrogen and oxygen atoms in total. The van der Waals surface area contributed by atoms with Gasteiger partial charge in [0.25, 0.3) is 0 Å². The number of nitrogens with zero attached hydrogens (tertiary/aromatic N) is 2. The van der Waals surface area contributed by atoms with Crippen LogP contribution < -0.4 is 4.74 Å². The summed E-state index contributed by atoms with van der Waals surface area (Å²) in [6, 6.07) is 5.55. The van der Waals surface area contributed by atoms with Gasteiger partial charge in [0.1, 0.15) is 5.75 Å². The topological polar surface area (TPSA) is 35.9 Å². The van der Waals surface area contributed by atoms with Crippen molar-refractivity contribution < 1.29 is 9.84 Å². The molecular weight excluding hydrogens is 264 g/mol. The van der Waals surface area contributed by atoms with E-state index in [2.05, 4.69) is 9.80 Å². The fraction of sp³-hybridized carbons (Fsp3) is 0.571. The van der Waals surface area contributed by atoms with Gasteiger partial charge in [0, 0.05) is 43.3 Å². The number of benzene rings is 1. The largest absolute Gasteiger partial charge is 0.496 e. The van der Waals surface area contributed by atoms with E-state index < -0.39 is 6.10 Å². The van der Waals surface area contributed by atoms with Crippen molar-refractivity contribution in [2.75, 3.05) is 39.8 Å². The van der Waals surface area contributed by atoms with E-state index in [1.54, 1.807) is 13.2 Å². The van der Waals surface area contributed by atoms with E-state index in [0.717, 1.165) is 38.3 Å². The lowest BCUT2D eigenvalue weighted by atomic mass is 9.96. The molecule has 104 valence electrons. The second-order valence-corrected chi connectivity index (χ2v) is 5.67. The van der Waals surface area contributed by atoms with Crippen molar-refractivity contribution in [1.82, 2.24) is 9.80 Å². The fourth-order valence-electron chi connectivity index (χ4n) is 3.10. The van der Waals surface area contributed by atoms with Crippen LogP contribution in [0.3, 0.4) is 0 Å². The average Bonchev–Trinajstić information content (AvgIpc) is 2.47. The Morgan fingerprint density at radius 2 is 2.05 bits per heavy atom. The van der Waals surface area contributed by atoms with Crippen molar-refractivity contribution >= 4 is 11.6 Å². The third-order valence-corrected chi connectivity index (χ3v) is 4.43. The van der Waals surface area contributed by atoms with Gasteiger partial charge in [0.15, 0.2) is 0 Å². The van der Waals surface area contributed by atoms with E-state index in [0.29, 0.717) is 10.8 Å². The number of fused-ring (bicyclic) bond motifs is 3. The molecule has 1 N–H and O–H groups in total. The van der Waals surface area contributed by atoms with Crippen LogP contribution in [-0.2, 0) is 0 Å². The quantitative estimate of drug-likeness (QED) is 0.909. The van der Waals surface area contributed by atoms with Crippen LogP contribution in [0.4, 0.5) is 0 Å². The molecule has 0 radical (unpaired) electrons. The van der Waals surface area contributed by atoms with Crippen molar-refractivity contribution in [2.24, 2.45) is 0 Å². The Morgan fingerprint density at radius 1 is 1.32 bits per heavy atom. The molecular formula is C14H19ClN2O2. The highest BCUT2D eigenvalue weighted by Gasteiger charge is 2.37. The average molecular weight is 283 g/mol. The van der Waals surface area contributed by atoms with Gasteiger partial charge in [0.2, 0.25) is 0 Å². The Kier molecular flexibility index (Phi) is 3.67. The first kappa shape index (κ1) is 13.2. The second kappa shape index (κ2) is 5.29. The monoisotopic (exact) mass is 282 g/mol. The number of hydrogen-bond acceptors (Lipinski definition) is 4. The number of methoxy groups -OCH3 is 1. The van der Waals surface area contributed by atoms with Crippen molar-refractivity contribution in [3.8, 4) is 5.75 Å². The standard InChI is InChI=1S/C14H19ClN2O2/c1-19-13-3-2-10(15)8-11(13)14(18)12-9-16-4-6-17(12)7-5-16/h2-3,8,12,14,18H,4-7,9H2,1H3. The molecule has 3 heterocycles. The Labute approximate surface area is 118 Å². The van der Waals surface area contributed by atoms with Crippen LogP contribution in [0.15, 0.2) is 18.2 Å². The molecule has 2 atom stereocenters. The maximum absolute atomic E-state index is 10.7. The van der Waals surface area contributed by atoms with Gasteiger partial charge in [-0.15, -0.1) is 0 Å². The molecule has 0 saturated carbocycles. The maximum Gasteiger partial charge on any atom is 0.124 e. The van der Waals surface area contributed by atoms with Crippen molar-refractivity contribution in [2.45, 2.75) is 12.1 Å². The minimum Gasteiger partial charge on any atom is -0.496 e. The van der Waals surface area contributed by atoms with E-state index >= 15 is 0 Å². The molecule has 3 saturated heterocycles. The molecule has 1 aromatic rings. The highest BCUT2D eigenvalue weighted by Crippen LogP contribution is 2.34. The zero-order chi connectivity index (χ0) is 13.4. The van der Waals surface area contributed by atoms with Crippen LogP contribution in [0.1, 0.15) is 11.7 Å². The Balaban J connectivity index is 1.87. The number of hydrogen-bond donors (Lipinski definition) is 1. The third-order valence-electron chi connectivity index (χ3n) is 4.20. The van der Waals surface area contributed by atoms with E-state index in [9.17, 15) is 5.11 Å². The van der Waals surface area contributed by atoms with Gasteiger partial charge in [-0.3, -0.25) is 9.80 Å². The summed E-state index contributed by atoms with van der Waals surface area (Å²) in [4.78, 5) is 4.77. The summed E-state index contributed by atoms with van der Waals surface area (Å²) in [6.45, 7) is 5.19. The van der Waals surface area contributed by atoms with Gasteiger partial charge in [0.05, 0.1) is 19.3 Å². The predicted molar refractivity (Wildman–Crippen MR) is 74.8 cm³/mol. The highest BCUT2D eigenvalue weighted by atomic mass is 35.5. The number of aliphatic hydroxyl groups excluding tert-OH is 1. The lowest BCUT2D eigenvalue weighted by molar-refractivity contribution is -0.0475. The third kappa shape index (κ3) is 2.46. The van der Waals surface area contributed by atoms with Gasteiger partial charge in [-0.05, 0) is 18.2 Å². The summed E-state index contributed by atoms with van der Waals surface area (Å²) < 4.78 is 5.34. The molecule has 2 bridgehead atoms. The smallest absolute Gasteiger partial charge is 0.124 e. The Bertz CT molecular complexity index is 461. The zero-order valence-electron chi connectivity index (χ0n) is 11.1. The predicted octanol–water partition coefficient (Wildman–Crippen LogP) is 1.38. The number of rotatable bonds is 3. The van der Waals surface area contributed by atoms with Gasteiger partial charge >= 0.3 is 0 Å². The van der Waals surface area contributed by atoms with E-state index in [1.165, 1.54) is 0 Å². The van der Waals surface area contributed by atoms with Crippen LogP contribution in [0.25, 0.3) is 0 Å². The van der Waals surface area contributed by atoms with Crippen molar-refractivity contribution in [1.29, 1.82) is 0 Å². The molecule has 0 aromatic heterocycles. The minimum absolute atomic E-state index is 0.134. The van der Waals surface area contributed by atoms with E-state index in [-0.39, 0.29) is 6.04 Å². The first-order valence-corrected chi connectivity index (χ1v) is 7.05. The lowest BCUT2D eigenvalue weighted by Crippen LogP contribution is -2.62. The summed E-state index contributed by atoms with van der Waals surface area (Å²) in [6.07, 6.45) is -0.559. The van der Waals surface area contributed by atoms with E-state index in [4.69, 9.17) is 16.3 Å². The number of halogens is 1. The summed E-state index contributed by atoms with van der Waals surface area (Å²) >= 11 is 6.05. The number of ether oxygens (including phenoxy) is 1. The fourth-order valence-corrected chi connectivity index (χ4v) is 3.28. The molecule has 1 aromatic carbocycles. The van der Waals surface area contributed by atoms with Gasteiger partial charge in [-0.2, -0.15) is 0 Å². The molecule has 0 amide bonds. The molecule has 5 heteroatoms. The molecule has 0 aliphatic carbocycles. The normalized spacial score (nSPS) is 31.2. The van der Waals surface area contributed by atoms with Crippen LogP contribution in [0, 0.1) is 0 Å². The molecule has 3 aliphatic rings. The summed E-state index contributed by atoms with van der Waals surface area (Å²) in [5.41, 5.74) is 0.786. The minimum atomic E-state index is -0.559. The number of aliphatic hydroxyl groups is 1. The zero-order valence-corrected chi connectivity index (χ0v) is 11.8.